The maximum atomic E-state index is 13.9. The lowest BCUT2D eigenvalue weighted by Gasteiger charge is -2.30. The number of carbonyl (C=O) groups is 3. The molecular weight excluding hydrogens is 577 g/mol. The van der Waals surface area contributed by atoms with E-state index in [0.29, 0.717) is 26.1 Å². The molecule has 4 aromatic rings. The van der Waals surface area contributed by atoms with Crippen LogP contribution in [-0.4, -0.2) is 32.5 Å². The standard InChI is InChI=1S/C28H19F3N4O4S2/c29-28(30,31)17-10-4-5-11-18(17)35-24(37)21-20(15-7-6-12-32-13-15)23-26(40-22(21)25(35)38)34(27(39)41-23)14-19(36)33-16-8-2-1-3-9-16/h1-13,20-22H,14H2,(H,33,36)/t20-,21?,22?/m1/s1. The second-order valence-electron chi connectivity index (χ2n) is 9.39. The molecule has 208 valence electrons. The zero-order chi connectivity index (χ0) is 28.9. The number of aromatic nitrogens is 2. The van der Waals surface area contributed by atoms with Gasteiger partial charge in [-0.15, -0.1) is 0 Å². The highest BCUT2D eigenvalue weighted by molar-refractivity contribution is 8.00. The van der Waals surface area contributed by atoms with Crippen molar-refractivity contribution in [1.29, 1.82) is 0 Å². The highest BCUT2D eigenvalue weighted by atomic mass is 32.2. The summed E-state index contributed by atoms with van der Waals surface area (Å²) < 4.78 is 42.9. The lowest BCUT2D eigenvalue weighted by molar-refractivity contribution is -0.137. The molecular formula is C28H19F3N4O4S2. The molecule has 0 saturated carbocycles. The fourth-order valence-electron chi connectivity index (χ4n) is 5.19. The van der Waals surface area contributed by atoms with Crippen molar-refractivity contribution in [2.24, 2.45) is 5.92 Å². The number of halogens is 3. The normalized spacial score (nSPS) is 20.1. The third-order valence-electron chi connectivity index (χ3n) is 6.90. The molecule has 2 aromatic heterocycles. The van der Waals surface area contributed by atoms with E-state index >= 15 is 0 Å². The zero-order valence-corrected chi connectivity index (χ0v) is 22.5. The van der Waals surface area contributed by atoms with Crippen LogP contribution in [0.15, 0.2) is 88.9 Å². The van der Waals surface area contributed by atoms with Crippen molar-refractivity contribution in [3.05, 3.63) is 105 Å². The second-order valence-corrected chi connectivity index (χ2v) is 11.5. The van der Waals surface area contributed by atoms with Crippen LogP contribution in [0.4, 0.5) is 24.5 Å². The number of fused-ring (bicyclic) bond motifs is 2. The monoisotopic (exact) mass is 596 g/mol. The van der Waals surface area contributed by atoms with Crippen LogP contribution < -0.4 is 15.1 Å². The summed E-state index contributed by atoms with van der Waals surface area (Å²) >= 11 is 1.77. The lowest BCUT2D eigenvalue weighted by atomic mass is 9.84. The van der Waals surface area contributed by atoms with E-state index in [0.717, 1.165) is 35.2 Å². The fraction of sp³-hybridized carbons (Fsp3) is 0.179. The van der Waals surface area contributed by atoms with Crippen LogP contribution in [0.5, 0.6) is 0 Å². The van der Waals surface area contributed by atoms with Crippen LogP contribution in [0.1, 0.15) is 21.9 Å². The summed E-state index contributed by atoms with van der Waals surface area (Å²) in [4.78, 5) is 58.3. The third-order valence-corrected chi connectivity index (χ3v) is 9.51. The molecule has 2 unspecified atom stereocenters. The number of anilines is 2. The molecule has 8 nitrogen and oxygen atoms in total. The Hall–Kier alpha value is -4.23. The first-order valence-corrected chi connectivity index (χ1v) is 14.0. The van der Waals surface area contributed by atoms with Crippen molar-refractivity contribution >= 4 is 52.2 Å². The van der Waals surface area contributed by atoms with Gasteiger partial charge in [0.25, 0.3) is 0 Å². The molecule has 2 aliphatic heterocycles. The van der Waals surface area contributed by atoms with Gasteiger partial charge < -0.3 is 5.32 Å². The van der Waals surface area contributed by atoms with Crippen LogP contribution in [0.25, 0.3) is 0 Å². The highest BCUT2D eigenvalue weighted by Gasteiger charge is 2.57. The largest absolute Gasteiger partial charge is 0.418 e. The Bertz CT molecular complexity index is 1720. The summed E-state index contributed by atoms with van der Waals surface area (Å²) in [7, 11) is 0. The van der Waals surface area contributed by atoms with E-state index in [-0.39, 0.29) is 6.54 Å². The molecule has 0 bridgehead atoms. The number of imide groups is 1. The van der Waals surface area contributed by atoms with E-state index in [1.54, 1.807) is 42.5 Å². The molecule has 2 aromatic carbocycles. The van der Waals surface area contributed by atoms with Gasteiger partial charge in [-0.1, -0.05) is 59.5 Å². The maximum absolute atomic E-state index is 13.9. The molecule has 6 rings (SSSR count). The number of nitrogens with zero attached hydrogens (tertiary/aromatic N) is 3. The van der Waals surface area contributed by atoms with Crippen LogP contribution in [0, 0.1) is 5.92 Å². The van der Waals surface area contributed by atoms with Gasteiger partial charge >= 0.3 is 11.0 Å². The van der Waals surface area contributed by atoms with Gasteiger partial charge in [-0.25, -0.2) is 4.90 Å². The fourth-order valence-corrected chi connectivity index (χ4v) is 7.96. The Morgan fingerprint density at radius 2 is 1.68 bits per heavy atom. The summed E-state index contributed by atoms with van der Waals surface area (Å²) in [5.74, 6) is -4.01. The Balaban J connectivity index is 1.43. The number of alkyl halides is 3. The lowest BCUT2D eigenvalue weighted by Crippen LogP contribution is -2.33. The summed E-state index contributed by atoms with van der Waals surface area (Å²) in [6.45, 7) is -0.355. The number of benzene rings is 2. The Morgan fingerprint density at radius 1 is 0.951 bits per heavy atom. The number of hydrogen-bond donors (Lipinski definition) is 1. The Labute approximate surface area is 238 Å². The van der Waals surface area contributed by atoms with Crippen molar-refractivity contribution in [2.75, 3.05) is 10.2 Å². The molecule has 0 spiro atoms. The van der Waals surface area contributed by atoms with E-state index in [2.05, 4.69) is 10.3 Å². The minimum Gasteiger partial charge on any atom is -0.325 e. The third kappa shape index (κ3) is 4.74. The SMILES string of the molecule is O=C(Cn1c2c(sc1=O)[C@H](c1cccnc1)C1C(=O)N(c3ccccc3C(F)(F)F)C(=O)C1S2)Nc1ccccc1. The molecule has 1 fully saturated rings. The molecule has 13 heteroatoms. The molecule has 0 radical (unpaired) electrons. The van der Waals surface area contributed by atoms with Crippen molar-refractivity contribution in [3.8, 4) is 0 Å². The van der Waals surface area contributed by atoms with Crippen LogP contribution in [-0.2, 0) is 27.1 Å². The van der Waals surface area contributed by atoms with Gasteiger partial charge in [0, 0.05) is 28.9 Å². The minimum absolute atomic E-state index is 0.324. The van der Waals surface area contributed by atoms with Crippen LogP contribution in [0.3, 0.4) is 0 Å². The summed E-state index contributed by atoms with van der Waals surface area (Å²) in [5, 5.41) is 1.92. The van der Waals surface area contributed by atoms with Crippen LogP contribution >= 0.6 is 23.1 Å². The van der Waals surface area contributed by atoms with Crippen molar-refractivity contribution in [2.45, 2.75) is 28.9 Å². The molecule has 4 heterocycles. The molecule has 1 N–H and O–H groups in total. The Morgan fingerprint density at radius 3 is 2.39 bits per heavy atom. The quantitative estimate of drug-likeness (QED) is 0.334. The predicted octanol–water partition coefficient (Wildman–Crippen LogP) is 4.76. The van der Waals surface area contributed by atoms with Gasteiger partial charge in [0.05, 0.1) is 22.2 Å². The van der Waals surface area contributed by atoms with E-state index in [9.17, 15) is 32.3 Å². The first-order chi connectivity index (χ1) is 19.6. The van der Waals surface area contributed by atoms with E-state index in [1.807, 2.05) is 0 Å². The van der Waals surface area contributed by atoms with Crippen LogP contribution in [0.2, 0.25) is 0 Å². The number of para-hydroxylation sites is 2. The zero-order valence-electron chi connectivity index (χ0n) is 20.9. The smallest absolute Gasteiger partial charge is 0.325 e. The number of rotatable bonds is 5. The van der Waals surface area contributed by atoms with Gasteiger partial charge in [-0.3, -0.25) is 28.7 Å². The molecule has 2 aliphatic rings. The van der Waals surface area contributed by atoms with E-state index in [4.69, 9.17) is 0 Å². The molecule has 3 amide bonds. The van der Waals surface area contributed by atoms with Crippen molar-refractivity contribution in [3.63, 3.8) is 0 Å². The number of thioether (sulfide) groups is 1. The molecule has 0 aliphatic carbocycles. The number of hydrogen-bond acceptors (Lipinski definition) is 7. The van der Waals surface area contributed by atoms with Gasteiger partial charge in [-0.2, -0.15) is 13.2 Å². The summed E-state index contributed by atoms with van der Waals surface area (Å²) in [6.07, 6.45) is -1.78. The van der Waals surface area contributed by atoms with Gasteiger partial charge in [-0.05, 0) is 35.9 Å². The average Bonchev–Trinajstić information content (AvgIpc) is 3.39. The minimum atomic E-state index is -4.80. The molecule has 1 saturated heterocycles. The number of nitrogens with one attached hydrogen (secondary N) is 1. The van der Waals surface area contributed by atoms with E-state index < -0.39 is 57.1 Å². The topological polar surface area (TPSA) is 101 Å². The van der Waals surface area contributed by atoms with Crippen molar-refractivity contribution in [1.82, 2.24) is 9.55 Å². The van der Waals surface area contributed by atoms with Gasteiger partial charge in [0.2, 0.25) is 17.7 Å². The average molecular weight is 597 g/mol. The molecule has 41 heavy (non-hydrogen) atoms. The predicted molar refractivity (Wildman–Crippen MR) is 147 cm³/mol. The highest BCUT2D eigenvalue weighted by Crippen LogP contribution is 2.54. The summed E-state index contributed by atoms with van der Waals surface area (Å²) in [6, 6.07) is 16.4. The number of pyridine rings is 1. The first-order valence-electron chi connectivity index (χ1n) is 12.3. The Kier molecular flexibility index (Phi) is 6.78. The summed E-state index contributed by atoms with van der Waals surface area (Å²) in [5.41, 5.74) is -0.588. The van der Waals surface area contributed by atoms with Crippen molar-refractivity contribution < 1.29 is 27.6 Å². The number of thiazole rings is 1. The molecule has 3 atom stereocenters. The van der Waals surface area contributed by atoms with Gasteiger partial charge in [0.1, 0.15) is 11.8 Å². The maximum Gasteiger partial charge on any atom is 0.418 e. The number of carbonyl (C=O) groups excluding carboxylic acids is 3. The first kappa shape index (κ1) is 27.0. The van der Waals surface area contributed by atoms with Gasteiger partial charge in [0.15, 0.2) is 0 Å². The second kappa shape index (κ2) is 10.3. The number of amides is 3. The van der Waals surface area contributed by atoms with E-state index in [1.165, 1.54) is 29.1 Å².